The van der Waals surface area contributed by atoms with E-state index in [0.29, 0.717) is 22.2 Å². The third-order valence-electron chi connectivity index (χ3n) is 7.18. The molecule has 1 aliphatic rings. The van der Waals surface area contributed by atoms with Gasteiger partial charge in [-0.3, -0.25) is 9.78 Å². The monoisotopic (exact) mass is 591 g/mol. The second-order valence-electron chi connectivity index (χ2n) is 9.84. The highest BCUT2D eigenvalue weighted by Crippen LogP contribution is 2.30. The van der Waals surface area contributed by atoms with Crippen LogP contribution in [-0.4, -0.2) is 34.0 Å². The van der Waals surface area contributed by atoms with E-state index in [1.807, 2.05) is 47.4 Å². The van der Waals surface area contributed by atoms with Crippen LogP contribution in [0.4, 0.5) is 5.69 Å². The minimum absolute atomic E-state index is 0.0574. The number of allylic oxidation sites excluding steroid dienone is 1. The fourth-order valence-corrected chi connectivity index (χ4v) is 6.42. The van der Waals surface area contributed by atoms with Crippen LogP contribution in [0.3, 0.4) is 0 Å². The fraction of sp³-hybridized carbons (Fsp3) is 0.250. The molecule has 0 bridgehead atoms. The number of rotatable bonds is 8. The van der Waals surface area contributed by atoms with E-state index in [0.717, 1.165) is 71.3 Å². The fourth-order valence-electron chi connectivity index (χ4n) is 5.01. The summed E-state index contributed by atoms with van der Waals surface area (Å²) in [6, 6.07) is 21.3. The molecular weight excluding hydrogens is 561 g/mol. The van der Waals surface area contributed by atoms with Gasteiger partial charge in [0.1, 0.15) is 0 Å². The molecule has 8 heteroatoms. The van der Waals surface area contributed by atoms with Crippen LogP contribution in [0.5, 0.6) is 0 Å². The number of para-hydroxylation sites is 1. The molecule has 1 aliphatic heterocycles. The number of aliphatic hydroxyl groups is 1. The molecule has 4 aromatic rings. The summed E-state index contributed by atoms with van der Waals surface area (Å²) in [5, 5.41) is 12.0. The van der Waals surface area contributed by atoms with Crippen LogP contribution in [-0.2, 0) is 13.0 Å². The summed E-state index contributed by atoms with van der Waals surface area (Å²) >= 11 is 14.0. The smallest absolute Gasteiger partial charge is 0.253 e. The predicted octanol–water partition coefficient (Wildman–Crippen LogP) is 8.34. The third kappa shape index (κ3) is 6.99. The van der Waals surface area contributed by atoms with Crippen molar-refractivity contribution in [1.82, 2.24) is 9.88 Å². The number of hydrogen-bond donors (Lipinski definition) is 2. The number of fused-ring (bicyclic) bond motifs is 1. The zero-order valence-corrected chi connectivity index (χ0v) is 24.4. The van der Waals surface area contributed by atoms with E-state index < -0.39 is 0 Å². The van der Waals surface area contributed by atoms with Gasteiger partial charge in [0, 0.05) is 46.0 Å². The molecule has 1 aromatic heterocycles. The van der Waals surface area contributed by atoms with Crippen molar-refractivity contribution in [3.8, 4) is 0 Å². The van der Waals surface area contributed by atoms with E-state index in [1.165, 1.54) is 17.5 Å². The molecule has 0 aliphatic carbocycles. The van der Waals surface area contributed by atoms with Gasteiger partial charge in [0.25, 0.3) is 5.91 Å². The normalized spacial score (nSPS) is 15.3. The molecule has 2 heterocycles. The molecule has 0 atom stereocenters. The Balaban J connectivity index is 1.17. The van der Waals surface area contributed by atoms with E-state index >= 15 is 0 Å². The van der Waals surface area contributed by atoms with E-state index in [-0.39, 0.29) is 12.5 Å². The Bertz CT molecular complexity index is 1520. The number of pyridine rings is 1. The Labute approximate surface area is 249 Å². The van der Waals surface area contributed by atoms with Crippen molar-refractivity contribution >= 4 is 57.6 Å². The van der Waals surface area contributed by atoms with E-state index in [9.17, 15) is 9.90 Å². The molecule has 40 heavy (non-hydrogen) atoms. The average molecular weight is 593 g/mol. The van der Waals surface area contributed by atoms with Crippen molar-refractivity contribution in [1.29, 1.82) is 0 Å². The van der Waals surface area contributed by atoms with Crippen molar-refractivity contribution in [3.63, 3.8) is 0 Å². The molecule has 3 aromatic carbocycles. The molecule has 0 unspecified atom stereocenters. The Morgan fingerprint density at radius 1 is 1.02 bits per heavy atom. The molecule has 2 N–H and O–H groups in total. The number of hydrogen-bond acceptors (Lipinski definition) is 5. The lowest BCUT2D eigenvalue weighted by Gasteiger charge is -2.25. The number of nitrogens with one attached hydrogen (secondary N) is 1. The van der Waals surface area contributed by atoms with E-state index in [4.69, 9.17) is 23.2 Å². The maximum atomic E-state index is 13.4. The first-order valence-electron chi connectivity index (χ1n) is 13.4. The van der Waals surface area contributed by atoms with Gasteiger partial charge in [-0.05, 0) is 104 Å². The summed E-state index contributed by atoms with van der Waals surface area (Å²) in [4.78, 5) is 20.9. The molecule has 5 nitrogen and oxygen atoms in total. The van der Waals surface area contributed by atoms with Gasteiger partial charge in [-0.1, -0.05) is 53.1 Å². The van der Waals surface area contributed by atoms with Gasteiger partial charge in [0.05, 0.1) is 17.0 Å². The number of halogens is 2. The second kappa shape index (κ2) is 13.6. The summed E-state index contributed by atoms with van der Waals surface area (Å²) in [6.07, 6.45) is 8.35. The Kier molecular flexibility index (Phi) is 9.66. The van der Waals surface area contributed by atoms with Crippen LogP contribution in [0.2, 0.25) is 10.0 Å². The molecule has 5 rings (SSSR count). The van der Waals surface area contributed by atoms with Crippen molar-refractivity contribution in [2.24, 2.45) is 0 Å². The first-order chi connectivity index (χ1) is 19.5. The maximum Gasteiger partial charge on any atom is 0.253 e. The lowest BCUT2D eigenvalue weighted by molar-refractivity contribution is 0.0753. The first-order valence-corrected chi connectivity index (χ1v) is 15.0. The van der Waals surface area contributed by atoms with Gasteiger partial charge in [0.15, 0.2) is 0 Å². The zero-order valence-electron chi connectivity index (χ0n) is 22.1. The average Bonchev–Trinajstić information content (AvgIpc) is 2.96. The van der Waals surface area contributed by atoms with Gasteiger partial charge in [-0.15, -0.1) is 0 Å². The van der Waals surface area contributed by atoms with Gasteiger partial charge in [0.2, 0.25) is 0 Å². The minimum Gasteiger partial charge on any atom is -0.392 e. The maximum absolute atomic E-state index is 13.4. The lowest BCUT2D eigenvalue weighted by Crippen LogP contribution is -2.33. The number of anilines is 1. The summed E-state index contributed by atoms with van der Waals surface area (Å²) in [5.41, 5.74) is 5.60. The van der Waals surface area contributed by atoms with E-state index in [2.05, 4.69) is 27.9 Å². The first kappa shape index (κ1) is 28.5. The van der Waals surface area contributed by atoms with Crippen molar-refractivity contribution in [2.75, 3.05) is 17.8 Å². The molecule has 1 amide bonds. The highest BCUT2D eigenvalue weighted by molar-refractivity contribution is 8.00. The Morgan fingerprint density at radius 3 is 2.67 bits per heavy atom. The third-order valence-corrected chi connectivity index (χ3v) is 8.62. The number of carbonyl (C=O) groups is 1. The van der Waals surface area contributed by atoms with Gasteiger partial charge in [-0.2, -0.15) is 0 Å². The molecule has 0 spiro atoms. The number of amides is 1. The van der Waals surface area contributed by atoms with Crippen LogP contribution < -0.4 is 4.72 Å². The van der Waals surface area contributed by atoms with Crippen molar-refractivity contribution < 1.29 is 9.90 Å². The summed E-state index contributed by atoms with van der Waals surface area (Å²) in [6.45, 7) is 1.32. The van der Waals surface area contributed by atoms with Crippen LogP contribution in [0, 0.1) is 0 Å². The highest BCUT2D eigenvalue weighted by Gasteiger charge is 2.18. The van der Waals surface area contributed by atoms with Crippen LogP contribution in [0.15, 0.2) is 89.5 Å². The van der Waals surface area contributed by atoms with Gasteiger partial charge < -0.3 is 14.7 Å². The summed E-state index contributed by atoms with van der Waals surface area (Å²) in [5.74, 6) is 0.0574. The number of benzene rings is 3. The number of nitrogens with zero attached hydrogens (tertiary/aromatic N) is 2. The molecule has 0 radical (unpaired) electrons. The van der Waals surface area contributed by atoms with E-state index in [1.54, 1.807) is 18.3 Å². The standard InChI is InChI=1S/C32H31Cl2N3O2S/c33-26-19-25(21-38)28(29(34)20-26)14-9-22-5-1-2-17-37(18-15-22)32(39)24-10-12-27(13-11-24)36-40-30-8-3-6-23-7-4-16-35-31(23)30/h3-8,10-13,16,19-20,36,38H,1-2,9,14-15,17-18,21H2/b22-5-. The second-order valence-corrected chi connectivity index (χ2v) is 11.5. The van der Waals surface area contributed by atoms with Crippen LogP contribution in [0.1, 0.15) is 47.2 Å². The summed E-state index contributed by atoms with van der Waals surface area (Å²) < 4.78 is 3.38. The van der Waals surface area contributed by atoms with Crippen LogP contribution >= 0.6 is 35.1 Å². The molecule has 0 saturated carbocycles. The number of carbonyl (C=O) groups excluding carboxylic acids is 1. The molecule has 206 valence electrons. The van der Waals surface area contributed by atoms with Crippen molar-refractivity contribution in [2.45, 2.75) is 43.6 Å². The molecular formula is C32H31Cl2N3O2S. The highest BCUT2D eigenvalue weighted by atomic mass is 35.5. The topological polar surface area (TPSA) is 65.5 Å². The Morgan fingerprint density at radius 2 is 1.85 bits per heavy atom. The SMILES string of the molecule is O=C(c1ccc(NSc2cccc3cccnc23)cc1)N1CCC/C=C(/CCc2c(Cl)cc(Cl)cc2CO)CC1. The number of aliphatic hydroxyl groups excluding tert-OH is 1. The predicted molar refractivity (Wildman–Crippen MR) is 166 cm³/mol. The van der Waals surface area contributed by atoms with Crippen LogP contribution in [0.25, 0.3) is 10.9 Å². The zero-order chi connectivity index (χ0) is 27.9. The van der Waals surface area contributed by atoms with Gasteiger partial charge in [-0.25, -0.2) is 0 Å². The minimum atomic E-state index is -0.0929. The lowest BCUT2D eigenvalue weighted by atomic mass is 9.96. The number of aromatic nitrogens is 1. The quantitative estimate of drug-likeness (QED) is 0.159. The van der Waals surface area contributed by atoms with Gasteiger partial charge >= 0.3 is 0 Å². The van der Waals surface area contributed by atoms with Crippen molar-refractivity contribution in [3.05, 3.63) is 111 Å². The summed E-state index contributed by atoms with van der Waals surface area (Å²) in [7, 11) is 0. The largest absolute Gasteiger partial charge is 0.392 e. The molecule has 0 fully saturated rings. The molecule has 0 saturated heterocycles. The Hall–Kier alpha value is -3.03.